The molecule has 0 aromatic rings. The Morgan fingerprint density at radius 3 is 1.86 bits per heavy atom. The number of nitrogens with two attached hydrogens (primary N) is 1. The molecule has 0 aliphatic rings. The second-order valence-electron chi connectivity index (χ2n) is 1.94. The van der Waals surface area contributed by atoms with E-state index >= 15 is 0 Å². The van der Waals surface area contributed by atoms with Crippen molar-refractivity contribution in [2.75, 3.05) is 0 Å². The quantitative estimate of drug-likeness (QED) is 0.574. The summed E-state index contributed by atoms with van der Waals surface area (Å²) >= 11 is 16.3. The Hall–Kier alpha value is -0.720. The van der Waals surface area contributed by atoms with E-state index in [4.69, 9.17) is 55.4 Å². The lowest BCUT2D eigenvalue weighted by atomic mass is 10.2. The number of nitrogens with zero attached hydrogens (tertiary/aromatic N) is 1. The molecule has 0 aliphatic carbocycles. The summed E-state index contributed by atoms with van der Waals surface area (Å²) in [4.78, 5) is 16.2. The second-order valence-corrected chi connectivity index (χ2v) is 4.22. The molecule has 0 atom stereocenters. The smallest absolute Gasteiger partial charge is 0.373 e. The summed E-state index contributed by atoms with van der Waals surface area (Å²) in [6.45, 7) is 1.77. The molecular formula is C7H7Cl3N2O2. The fourth-order valence-electron chi connectivity index (χ4n) is 0.501. The summed E-state index contributed by atoms with van der Waals surface area (Å²) in [6.07, 6.45) is 0.718. The number of allylic oxidation sites excluding steroid dienone is 2. The van der Waals surface area contributed by atoms with Crippen LogP contribution in [0.5, 0.6) is 0 Å². The maximum atomic E-state index is 8.50. The van der Waals surface area contributed by atoms with Gasteiger partial charge in [0, 0.05) is 0 Å². The highest BCUT2D eigenvalue weighted by atomic mass is 35.6. The molecule has 0 bridgehead atoms. The van der Waals surface area contributed by atoms with Gasteiger partial charge in [-0.3, -0.25) is 0 Å². The predicted octanol–water partition coefficient (Wildman–Crippen LogP) is 1.92. The molecule has 0 aliphatic heterocycles. The molecule has 2 N–H and O–H groups in total. The van der Waals surface area contributed by atoms with Gasteiger partial charge in [-0.2, -0.15) is 14.9 Å². The Bertz CT molecular complexity index is 282. The van der Waals surface area contributed by atoms with Crippen LogP contribution in [-0.2, 0) is 9.59 Å². The van der Waals surface area contributed by atoms with Crippen molar-refractivity contribution in [1.29, 1.82) is 5.26 Å². The largest absolute Gasteiger partial charge is 0.398 e. The maximum absolute atomic E-state index is 8.50. The molecule has 0 aromatic heterocycles. The van der Waals surface area contributed by atoms with Crippen LogP contribution in [0.25, 0.3) is 0 Å². The van der Waals surface area contributed by atoms with Crippen molar-refractivity contribution in [2.45, 2.75) is 17.1 Å². The van der Waals surface area contributed by atoms with E-state index in [0.29, 0.717) is 12.0 Å². The first-order valence-corrected chi connectivity index (χ1v) is 4.43. The van der Waals surface area contributed by atoms with Crippen LogP contribution in [0.2, 0.25) is 0 Å². The molecule has 0 aromatic carbocycles. The van der Waals surface area contributed by atoms with Crippen LogP contribution in [0.3, 0.4) is 0 Å². The Labute approximate surface area is 96.2 Å². The van der Waals surface area contributed by atoms with Crippen molar-refractivity contribution < 1.29 is 9.59 Å². The lowest BCUT2D eigenvalue weighted by Crippen LogP contribution is -2.17. The molecule has 0 fully saturated rings. The van der Waals surface area contributed by atoms with Crippen molar-refractivity contribution in [3.8, 4) is 6.07 Å². The number of alkyl halides is 3. The normalized spacial score (nSPS) is 11.4. The topological polar surface area (TPSA) is 83.9 Å². The van der Waals surface area contributed by atoms with Crippen molar-refractivity contribution in [3.63, 3.8) is 0 Å². The lowest BCUT2D eigenvalue weighted by molar-refractivity contribution is -0.191. The first kappa shape index (κ1) is 15.7. The minimum atomic E-state index is -1.67. The second kappa shape index (κ2) is 7.66. The van der Waals surface area contributed by atoms with Gasteiger partial charge in [-0.25, -0.2) is 0 Å². The zero-order valence-corrected chi connectivity index (χ0v) is 9.45. The molecule has 0 saturated carbocycles. The minimum Gasteiger partial charge on any atom is -0.398 e. The third-order valence-corrected chi connectivity index (χ3v) is 1.73. The maximum Gasteiger partial charge on any atom is 0.373 e. The van der Waals surface area contributed by atoms with Crippen molar-refractivity contribution in [2.24, 2.45) is 5.73 Å². The first-order valence-electron chi connectivity index (χ1n) is 3.30. The average molecular weight is 258 g/mol. The van der Waals surface area contributed by atoms with Crippen LogP contribution in [0.4, 0.5) is 0 Å². The molecule has 0 unspecified atom stereocenters. The van der Waals surface area contributed by atoms with Crippen LogP contribution < -0.4 is 5.73 Å². The number of halogens is 3. The Balaban J connectivity index is 0. The van der Waals surface area contributed by atoms with Gasteiger partial charge in [0.25, 0.3) is 0 Å². The van der Waals surface area contributed by atoms with Crippen LogP contribution in [0.1, 0.15) is 13.3 Å². The van der Waals surface area contributed by atoms with Crippen LogP contribution in [-0.4, -0.2) is 9.94 Å². The van der Waals surface area contributed by atoms with Gasteiger partial charge in [0.05, 0.1) is 17.3 Å². The van der Waals surface area contributed by atoms with E-state index in [9.17, 15) is 0 Å². The highest BCUT2D eigenvalue weighted by Gasteiger charge is 2.26. The standard InChI is InChI=1S/C6H7Cl3N2.CO2/c1-2-4(3-10)5(11)6(7,8)9;2-1-3/h2,11H2,1H3;/b5-4+;. The number of hydrogen-bond donors (Lipinski definition) is 1. The Morgan fingerprint density at radius 2 is 1.79 bits per heavy atom. The number of carbonyl (C=O) groups excluding carboxylic acids is 2. The van der Waals surface area contributed by atoms with E-state index in [0.717, 1.165) is 0 Å². The molecule has 0 radical (unpaired) electrons. The zero-order valence-electron chi connectivity index (χ0n) is 7.18. The van der Waals surface area contributed by atoms with E-state index in [2.05, 4.69) is 0 Å². The van der Waals surface area contributed by atoms with Crippen molar-refractivity contribution >= 4 is 41.0 Å². The highest BCUT2D eigenvalue weighted by molar-refractivity contribution is 6.69. The summed E-state index contributed by atoms with van der Waals surface area (Å²) in [7, 11) is 0. The average Bonchev–Trinajstić information content (AvgIpc) is 2.06. The van der Waals surface area contributed by atoms with Gasteiger partial charge in [0.15, 0.2) is 0 Å². The van der Waals surface area contributed by atoms with Gasteiger partial charge < -0.3 is 5.73 Å². The van der Waals surface area contributed by atoms with Gasteiger partial charge in [-0.1, -0.05) is 41.7 Å². The third kappa shape index (κ3) is 6.76. The Morgan fingerprint density at radius 1 is 1.43 bits per heavy atom. The predicted molar refractivity (Wildman–Crippen MR) is 52.4 cm³/mol. The van der Waals surface area contributed by atoms with Crippen molar-refractivity contribution in [1.82, 2.24) is 0 Å². The number of nitriles is 1. The molecule has 7 heteroatoms. The molecule has 78 valence electrons. The molecule has 4 nitrogen and oxygen atoms in total. The molecule has 0 amide bonds. The highest BCUT2D eigenvalue weighted by Crippen LogP contribution is 2.33. The monoisotopic (exact) mass is 256 g/mol. The molecule has 0 heterocycles. The van der Waals surface area contributed by atoms with Crippen LogP contribution >= 0.6 is 34.8 Å². The van der Waals surface area contributed by atoms with Crippen molar-refractivity contribution in [3.05, 3.63) is 11.3 Å². The van der Waals surface area contributed by atoms with Gasteiger partial charge in [-0.15, -0.1) is 0 Å². The summed E-state index contributed by atoms with van der Waals surface area (Å²) in [5.74, 6) is 0. The summed E-state index contributed by atoms with van der Waals surface area (Å²) < 4.78 is -1.67. The summed E-state index contributed by atoms with van der Waals surface area (Å²) in [6, 6.07) is 1.86. The zero-order chi connectivity index (χ0) is 11.8. The van der Waals surface area contributed by atoms with E-state index in [1.165, 1.54) is 0 Å². The molecule has 0 rings (SSSR count). The lowest BCUT2D eigenvalue weighted by Gasteiger charge is -2.12. The Kier molecular flexibility index (Phi) is 8.61. The third-order valence-electron chi connectivity index (χ3n) is 1.12. The van der Waals surface area contributed by atoms with Crippen LogP contribution in [0.15, 0.2) is 11.3 Å². The van der Waals surface area contributed by atoms with E-state index in [1.54, 1.807) is 6.92 Å². The summed E-state index contributed by atoms with van der Waals surface area (Å²) in [5, 5.41) is 8.50. The molecule has 14 heavy (non-hydrogen) atoms. The van der Waals surface area contributed by atoms with E-state index in [-0.39, 0.29) is 11.8 Å². The van der Waals surface area contributed by atoms with Gasteiger partial charge in [-0.05, 0) is 6.42 Å². The minimum absolute atomic E-state index is 0.00694. The van der Waals surface area contributed by atoms with E-state index < -0.39 is 3.79 Å². The first-order chi connectivity index (χ1) is 6.34. The summed E-state index contributed by atoms with van der Waals surface area (Å²) in [5.41, 5.74) is 5.69. The SMILES string of the molecule is CC/C(C#N)=C(\N)C(Cl)(Cl)Cl.O=C=O. The van der Waals surface area contributed by atoms with E-state index in [1.807, 2.05) is 6.07 Å². The number of rotatable bonds is 1. The fourth-order valence-corrected chi connectivity index (χ4v) is 0.843. The van der Waals surface area contributed by atoms with Gasteiger partial charge >= 0.3 is 6.15 Å². The van der Waals surface area contributed by atoms with Crippen LogP contribution in [0, 0.1) is 11.3 Å². The molecule has 0 saturated heterocycles. The molecule has 0 spiro atoms. The molecular weight excluding hydrogens is 250 g/mol. The van der Waals surface area contributed by atoms with Gasteiger partial charge in [0.1, 0.15) is 0 Å². The number of hydrogen-bond acceptors (Lipinski definition) is 4. The van der Waals surface area contributed by atoms with Gasteiger partial charge in [0.2, 0.25) is 3.79 Å². The fraction of sp³-hybridized carbons (Fsp3) is 0.429.